The molecular weight excluding hydrogens is 176 g/mol. The summed E-state index contributed by atoms with van der Waals surface area (Å²) in [5, 5.41) is 8.63. The average Bonchev–Trinajstić information content (AvgIpc) is 2.24. The fraction of sp³-hybridized carbons (Fsp3) is 0.333. The highest BCUT2D eigenvalue weighted by Crippen LogP contribution is 2.16. The second kappa shape index (κ2) is 6.06. The molecule has 0 bridgehead atoms. The molecule has 74 valence electrons. The van der Waals surface area contributed by atoms with Gasteiger partial charge in [-0.05, 0) is 12.1 Å². The van der Waals surface area contributed by atoms with E-state index in [1.165, 1.54) is 0 Å². The second-order valence-corrected chi connectivity index (χ2v) is 2.72. The highest BCUT2D eigenvalue weighted by atomic mass is 16.5. The summed E-state index contributed by atoms with van der Waals surface area (Å²) in [4.78, 5) is 0. The number of hydrogen-bond donors (Lipinski definition) is 1. The van der Waals surface area contributed by atoms with E-state index in [9.17, 15) is 0 Å². The van der Waals surface area contributed by atoms with E-state index in [0.29, 0.717) is 6.61 Å². The Labute approximate surface area is 84.5 Å². The largest absolute Gasteiger partial charge is 0.490 e. The van der Waals surface area contributed by atoms with Crippen LogP contribution in [0.25, 0.3) is 0 Å². The first kappa shape index (κ1) is 10.6. The number of hydrogen-bond acceptors (Lipinski definition) is 2. The Morgan fingerprint density at radius 1 is 1.36 bits per heavy atom. The molecule has 0 saturated heterocycles. The lowest BCUT2D eigenvalue weighted by Gasteiger charge is -2.05. The van der Waals surface area contributed by atoms with E-state index in [1.54, 1.807) is 0 Å². The van der Waals surface area contributed by atoms with Crippen LogP contribution in [0.2, 0.25) is 0 Å². The van der Waals surface area contributed by atoms with Crippen LogP contribution >= 0.6 is 0 Å². The van der Waals surface area contributed by atoms with E-state index in [1.807, 2.05) is 31.2 Å². The minimum absolute atomic E-state index is 0.0234. The van der Waals surface area contributed by atoms with E-state index >= 15 is 0 Å². The quantitative estimate of drug-likeness (QED) is 0.737. The van der Waals surface area contributed by atoms with Gasteiger partial charge >= 0.3 is 0 Å². The van der Waals surface area contributed by atoms with Gasteiger partial charge in [-0.15, -0.1) is 0 Å². The van der Waals surface area contributed by atoms with Gasteiger partial charge in [0.15, 0.2) is 0 Å². The molecule has 0 fully saturated rings. The fourth-order valence-corrected chi connectivity index (χ4v) is 1.03. The van der Waals surface area contributed by atoms with Crippen LogP contribution in [0.15, 0.2) is 24.3 Å². The topological polar surface area (TPSA) is 29.5 Å². The van der Waals surface area contributed by atoms with E-state index < -0.39 is 0 Å². The Kier molecular flexibility index (Phi) is 4.60. The van der Waals surface area contributed by atoms with Crippen molar-refractivity contribution in [3.8, 4) is 17.6 Å². The standard InChI is InChI=1S/C12H14O2/c1-2-3-6-11-7-4-5-8-12(11)14-10-9-13/h4-5,7-8,13H,2,9-10H2,1H3. The molecule has 1 N–H and O–H groups in total. The molecule has 2 heteroatoms. The molecule has 0 saturated carbocycles. The second-order valence-electron chi connectivity index (χ2n) is 2.72. The van der Waals surface area contributed by atoms with Crippen molar-refractivity contribution in [2.75, 3.05) is 13.2 Å². The molecule has 1 aromatic rings. The normalized spacial score (nSPS) is 9.00. The minimum atomic E-state index is 0.0234. The highest BCUT2D eigenvalue weighted by molar-refractivity contribution is 5.45. The van der Waals surface area contributed by atoms with Gasteiger partial charge in [-0.2, -0.15) is 0 Å². The first-order valence-electron chi connectivity index (χ1n) is 4.70. The number of rotatable bonds is 3. The fourth-order valence-electron chi connectivity index (χ4n) is 1.03. The van der Waals surface area contributed by atoms with Gasteiger partial charge in [-0.3, -0.25) is 0 Å². The number of ether oxygens (including phenoxy) is 1. The molecule has 0 amide bonds. The summed E-state index contributed by atoms with van der Waals surface area (Å²) in [7, 11) is 0. The van der Waals surface area contributed by atoms with Gasteiger partial charge < -0.3 is 9.84 Å². The molecule has 0 aliphatic rings. The van der Waals surface area contributed by atoms with Gasteiger partial charge in [-0.25, -0.2) is 0 Å². The molecule has 0 unspecified atom stereocenters. The minimum Gasteiger partial charge on any atom is -0.490 e. The molecular formula is C12H14O2. The summed E-state index contributed by atoms with van der Waals surface area (Å²) in [6, 6.07) is 7.58. The number of aliphatic hydroxyl groups excluding tert-OH is 1. The van der Waals surface area contributed by atoms with Crippen LogP contribution in [-0.2, 0) is 0 Å². The predicted molar refractivity (Wildman–Crippen MR) is 56.2 cm³/mol. The maximum Gasteiger partial charge on any atom is 0.135 e. The summed E-state index contributed by atoms with van der Waals surface area (Å²) in [5.74, 6) is 6.74. The van der Waals surface area contributed by atoms with Gasteiger partial charge in [0.2, 0.25) is 0 Å². The summed E-state index contributed by atoms with van der Waals surface area (Å²) in [6.07, 6.45) is 0.828. The highest BCUT2D eigenvalue weighted by Gasteiger charge is 1.98. The molecule has 0 spiro atoms. The summed E-state index contributed by atoms with van der Waals surface area (Å²) >= 11 is 0. The number of benzene rings is 1. The zero-order chi connectivity index (χ0) is 10.2. The number of para-hydroxylation sites is 1. The molecule has 0 heterocycles. The summed E-state index contributed by atoms with van der Waals surface area (Å²) in [5.41, 5.74) is 0.878. The first-order valence-corrected chi connectivity index (χ1v) is 4.70. The molecule has 2 nitrogen and oxygen atoms in total. The van der Waals surface area contributed by atoms with Crippen LogP contribution in [0.5, 0.6) is 5.75 Å². The Balaban J connectivity index is 2.80. The van der Waals surface area contributed by atoms with Crippen molar-refractivity contribution in [2.45, 2.75) is 13.3 Å². The summed E-state index contributed by atoms with van der Waals surface area (Å²) < 4.78 is 5.33. The van der Waals surface area contributed by atoms with Gasteiger partial charge in [0.1, 0.15) is 12.4 Å². The van der Waals surface area contributed by atoms with Gasteiger partial charge in [0.05, 0.1) is 12.2 Å². The first-order chi connectivity index (χ1) is 6.88. The zero-order valence-corrected chi connectivity index (χ0v) is 8.29. The maximum absolute atomic E-state index is 8.63. The number of aliphatic hydroxyl groups is 1. The van der Waals surface area contributed by atoms with E-state index in [0.717, 1.165) is 17.7 Å². The molecule has 0 aromatic heterocycles. The van der Waals surface area contributed by atoms with Crippen LogP contribution < -0.4 is 4.74 Å². The Morgan fingerprint density at radius 2 is 2.14 bits per heavy atom. The Morgan fingerprint density at radius 3 is 2.86 bits per heavy atom. The Hall–Kier alpha value is -1.46. The molecule has 14 heavy (non-hydrogen) atoms. The van der Waals surface area contributed by atoms with Gasteiger partial charge in [-0.1, -0.05) is 30.9 Å². The SMILES string of the molecule is CCC#Cc1ccccc1OCCO. The average molecular weight is 190 g/mol. The van der Waals surface area contributed by atoms with Crippen molar-refractivity contribution >= 4 is 0 Å². The van der Waals surface area contributed by atoms with E-state index in [2.05, 4.69) is 11.8 Å². The lowest BCUT2D eigenvalue weighted by Crippen LogP contribution is -2.02. The molecule has 1 aromatic carbocycles. The molecule has 0 aliphatic carbocycles. The lowest BCUT2D eigenvalue weighted by atomic mass is 10.2. The predicted octanol–water partition coefficient (Wildman–Crippen LogP) is 1.82. The molecule has 0 atom stereocenters. The maximum atomic E-state index is 8.63. The van der Waals surface area contributed by atoms with E-state index in [4.69, 9.17) is 9.84 Å². The zero-order valence-electron chi connectivity index (χ0n) is 8.29. The van der Waals surface area contributed by atoms with Crippen molar-refractivity contribution in [1.29, 1.82) is 0 Å². The third-order valence-corrected chi connectivity index (χ3v) is 1.64. The van der Waals surface area contributed by atoms with Crippen LogP contribution in [0.4, 0.5) is 0 Å². The third-order valence-electron chi connectivity index (χ3n) is 1.64. The van der Waals surface area contributed by atoms with E-state index in [-0.39, 0.29) is 6.61 Å². The van der Waals surface area contributed by atoms with Crippen molar-refractivity contribution in [1.82, 2.24) is 0 Å². The van der Waals surface area contributed by atoms with Crippen LogP contribution in [0, 0.1) is 11.8 Å². The van der Waals surface area contributed by atoms with Crippen molar-refractivity contribution < 1.29 is 9.84 Å². The van der Waals surface area contributed by atoms with Crippen molar-refractivity contribution in [3.63, 3.8) is 0 Å². The monoisotopic (exact) mass is 190 g/mol. The smallest absolute Gasteiger partial charge is 0.135 e. The third kappa shape index (κ3) is 3.12. The molecule has 1 rings (SSSR count). The lowest BCUT2D eigenvalue weighted by molar-refractivity contribution is 0.201. The summed E-state index contributed by atoms with van der Waals surface area (Å²) in [6.45, 7) is 2.34. The van der Waals surface area contributed by atoms with Crippen LogP contribution in [-0.4, -0.2) is 18.3 Å². The molecule has 0 aliphatic heterocycles. The van der Waals surface area contributed by atoms with Gasteiger partial charge in [0.25, 0.3) is 0 Å². The Bertz CT molecular complexity index is 334. The molecule has 0 radical (unpaired) electrons. The van der Waals surface area contributed by atoms with Crippen LogP contribution in [0.3, 0.4) is 0 Å². The van der Waals surface area contributed by atoms with Crippen LogP contribution in [0.1, 0.15) is 18.9 Å². The van der Waals surface area contributed by atoms with Gasteiger partial charge in [0, 0.05) is 6.42 Å². The van der Waals surface area contributed by atoms with Crippen molar-refractivity contribution in [2.24, 2.45) is 0 Å². The van der Waals surface area contributed by atoms with Crippen molar-refractivity contribution in [3.05, 3.63) is 29.8 Å².